The van der Waals surface area contributed by atoms with Crippen molar-refractivity contribution >= 4 is 34.4 Å². The average Bonchev–Trinajstić information content (AvgIpc) is 2.93. The molecule has 0 radical (unpaired) electrons. The number of nitrogens with zero attached hydrogens (tertiary/aromatic N) is 5. The van der Waals surface area contributed by atoms with Crippen LogP contribution in [0.5, 0.6) is 0 Å². The van der Waals surface area contributed by atoms with Crippen molar-refractivity contribution in [3.8, 4) is 0 Å². The molecule has 1 saturated carbocycles. The van der Waals surface area contributed by atoms with E-state index in [-0.39, 0.29) is 23.1 Å². The number of hydrogen-bond donors (Lipinski definition) is 1. The maximum atomic E-state index is 9.17. The van der Waals surface area contributed by atoms with E-state index >= 15 is 0 Å². The molecule has 8 heteroatoms. The van der Waals surface area contributed by atoms with Gasteiger partial charge in [-0.2, -0.15) is 4.98 Å². The first-order valence-electron chi connectivity index (χ1n) is 5.74. The molecule has 1 N–H and O–H groups in total. The zero-order chi connectivity index (χ0) is 12.7. The molecule has 1 aliphatic carbocycles. The van der Waals surface area contributed by atoms with Gasteiger partial charge in [-0.1, -0.05) is 16.8 Å². The molecule has 3 rings (SSSR count). The van der Waals surface area contributed by atoms with Gasteiger partial charge in [-0.05, 0) is 36.8 Å². The van der Waals surface area contributed by atoms with Crippen LogP contribution in [0.3, 0.4) is 0 Å². The van der Waals surface area contributed by atoms with Gasteiger partial charge in [0.2, 0.25) is 5.28 Å². The van der Waals surface area contributed by atoms with Crippen molar-refractivity contribution in [2.45, 2.75) is 25.3 Å². The Morgan fingerprint density at radius 3 is 2.83 bits per heavy atom. The second kappa shape index (κ2) is 4.60. The topological polar surface area (TPSA) is 76.7 Å². The molecule has 2 atom stereocenters. The number of aromatic nitrogens is 5. The lowest BCUT2D eigenvalue weighted by Crippen LogP contribution is -2.09. The Morgan fingerprint density at radius 2 is 2.11 bits per heavy atom. The predicted molar refractivity (Wildman–Crippen MR) is 66.6 cm³/mol. The molecule has 96 valence electrons. The summed E-state index contributed by atoms with van der Waals surface area (Å²) in [6.07, 6.45) is 2.80. The van der Waals surface area contributed by atoms with Crippen molar-refractivity contribution in [2.75, 3.05) is 6.61 Å². The predicted octanol–water partition coefficient (Wildman–Crippen LogP) is 1.86. The van der Waals surface area contributed by atoms with Gasteiger partial charge in [0.05, 0.1) is 6.04 Å². The molecule has 2 aromatic heterocycles. The van der Waals surface area contributed by atoms with E-state index in [2.05, 4.69) is 20.3 Å². The van der Waals surface area contributed by atoms with Crippen LogP contribution < -0.4 is 0 Å². The van der Waals surface area contributed by atoms with Gasteiger partial charge in [0.15, 0.2) is 16.3 Å². The van der Waals surface area contributed by atoms with Gasteiger partial charge in [0.25, 0.3) is 0 Å². The van der Waals surface area contributed by atoms with Crippen molar-refractivity contribution < 1.29 is 5.11 Å². The maximum absolute atomic E-state index is 9.17. The van der Waals surface area contributed by atoms with E-state index in [0.29, 0.717) is 17.1 Å². The van der Waals surface area contributed by atoms with Crippen LogP contribution in [0.2, 0.25) is 10.4 Å². The molecule has 2 heterocycles. The van der Waals surface area contributed by atoms with E-state index in [0.717, 1.165) is 19.3 Å². The Balaban J connectivity index is 2.03. The molecule has 2 unspecified atom stereocenters. The Morgan fingerprint density at radius 1 is 1.28 bits per heavy atom. The number of aliphatic hydroxyl groups is 1. The number of aliphatic hydroxyl groups excluding tert-OH is 1. The highest BCUT2D eigenvalue weighted by molar-refractivity contribution is 6.35. The SMILES string of the molecule is OCC1CCC(n2nnc3c(Cl)nc(Cl)nc32)C1. The van der Waals surface area contributed by atoms with E-state index in [4.69, 9.17) is 28.3 Å². The molecule has 1 fully saturated rings. The first-order valence-corrected chi connectivity index (χ1v) is 6.49. The van der Waals surface area contributed by atoms with E-state index in [9.17, 15) is 0 Å². The van der Waals surface area contributed by atoms with Crippen molar-refractivity contribution in [3.05, 3.63) is 10.4 Å². The molecule has 6 nitrogen and oxygen atoms in total. The van der Waals surface area contributed by atoms with Crippen LogP contribution in [0.4, 0.5) is 0 Å². The molecular weight excluding hydrogens is 277 g/mol. The highest BCUT2D eigenvalue weighted by Crippen LogP contribution is 2.35. The van der Waals surface area contributed by atoms with Crippen molar-refractivity contribution in [2.24, 2.45) is 5.92 Å². The Hall–Kier alpha value is -0.980. The monoisotopic (exact) mass is 287 g/mol. The molecule has 0 bridgehead atoms. The van der Waals surface area contributed by atoms with Crippen LogP contribution >= 0.6 is 23.2 Å². The number of fused-ring (bicyclic) bond motifs is 1. The lowest BCUT2D eigenvalue weighted by molar-refractivity contribution is 0.225. The van der Waals surface area contributed by atoms with Gasteiger partial charge in [0.1, 0.15) is 0 Å². The fourth-order valence-corrected chi connectivity index (χ4v) is 2.87. The second-order valence-electron chi connectivity index (χ2n) is 4.51. The molecule has 0 aliphatic heterocycles. The lowest BCUT2D eigenvalue weighted by Gasteiger charge is -2.10. The molecule has 0 aromatic carbocycles. The summed E-state index contributed by atoms with van der Waals surface area (Å²) in [5.74, 6) is 0.321. The zero-order valence-corrected chi connectivity index (χ0v) is 10.9. The zero-order valence-electron chi connectivity index (χ0n) is 9.42. The summed E-state index contributed by atoms with van der Waals surface area (Å²) < 4.78 is 1.74. The summed E-state index contributed by atoms with van der Waals surface area (Å²) in [7, 11) is 0. The van der Waals surface area contributed by atoms with E-state index < -0.39 is 0 Å². The molecule has 0 saturated heterocycles. The van der Waals surface area contributed by atoms with Crippen molar-refractivity contribution in [1.82, 2.24) is 25.0 Å². The van der Waals surface area contributed by atoms with Crippen LogP contribution in [0.1, 0.15) is 25.3 Å². The highest BCUT2D eigenvalue weighted by atomic mass is 35.5. The summed E-state index contributed by atoms with van der Waals surface area (Å²) in [5, 5.41) is 17.6. The fraction of sp³-hybridized carbons (Fsp3) is 0.600. The average molecular weight is 288 g/mol. The summed E-state index contributed by atoms with van der Waals surface area (Å²) in [5.41, 5.74) is 1.03. The maximum Gasteiger partial charge on any atom is 0.225 e. The van der Waals surface area contributed by atoms with Gasteiger partial charge in [-0.3, -0.25) is 0 Å². The van der Waals surface area contributed by atoms with Gasteiger partial charge in [0, 0.05) is 6.61 Å². The molecule has 1 aliphatic rings. The minimum absolute atomic E-state index is 0.0905. The first-order chi connectivity index (χ1) is 8.69. The van der Waals surface area contributed by atoms with Crippen molar-refractivity contribution in [3.63, 3.8) is 0 Å². The summed E-state index contributed by atoms with van der Waals surface area (Å²) in [6, 6.07) is 0.189. The van der Waals surface area contributed by atoms with Gasteiger partial charge in [-0.15, -0.1) is 5.10 Å². The largest absolute Gasteiger partial charge is 0.396 e. The molecule has 0 spiro atoms. The van der Waals surface area contributed by atoms with E-state index in [1.807, 2.05) is 0 Å². The first kappa shape index (κ1) is 12.1. The smallest absolute Gasteiger partial charge is 0.225 e. The Labute approximate surface area is 113 Å². The number of halogens is 2. The number of hydrogen-bond acceptors (Lipinski definition) is 5. The minimum Gasteiger partial charge on any atom is -0.396 e. The minimum atomic E-state index is 0.0905. The second-order valence-corrected chi connectivity index (χ2v) is 5.20. The third-order valence-corrected chi connectivity index (χ3v) is 3.80. The van der Waals surface area contributed by atoms with Gasteiger partial charge in [-0.25, -0.2) is 9.67 Å². The van der Waals surface area contributed by atoms with Crippen LogP contribution in [-0.2, 0) is 0 Å². The summed E-state index contributed by atoms with van der Waals surface area (Å²) in [6.45, 7) is 0.208. The normalized spacial score (nSPS) is 23.9. The molecule has 0 amide bonds. The summed E-state index contributed by atoms with van der Waals surface area (Å²) >= 11 is 11.7. The third-order valence-electron chi connectivity index (χ3n) is 3.37. The van der Waals surface area contributed by atoms with Crippen LogP contribution in [0.15, 0.2) is 0 Å². The fourth-order valence-electron chi connectivity index (χ4n) is 2.46. The van der Waals surface area contributed by atoms with Crippen LogP contribution in [-0.4, -0.2) is 36.7 Å². The molecule has 18 heavy (non-hydrogen) atoms. The van der Waals surface area contributed by atoms with Gasteiger partial charge >= 0.3 is 0 Å². The summed E-state index contributed by atoms with van der Waals surface area (Å²) in [4.78, 5) is 7.97. The van der Waals surface area contributed by atoms with E-state index in [1.54, 1.807) is 4.68 Å². The number of rotatable bonds is 2. The molecule has 2 aromatic rings. The quantitative estimate of drug-likeness (QED) is 0.674. The Kier molecular flexibility index (Phi) is 3.09. The molecular formula is C10H11Cl2N5O. The Bertz CT molecular complexity index is 587. The highest BCUT2D eigenvalue weighted by Gasteiger charge is 2.28. The van der Waals surface area contributed by atoms with Crippen LogP contribution in [0, 0.1) is 5.92 Å². The third kappa shape index (κ3) is 1.94. The standard InChI is InChI=1S/C10H11Cl2N5O/c11-8-7-9(14-10(12)13-8)17(16-15-7)6-2-1-5(3-6)4-18/h5-6,18H,1-4H2. The van der Waals surface area contributed by atoms with Gasteiger partial charge < -0.3 is 5.11 Å². The van der Waals surface area contributed by atoms with E-state index in [1.165, 1.54) is 0 Å². The van der Waals surface area contributed by atoms with Crippen molar-refractivity contribution in [1.29, 1.82) is 0 Å². The van der Waals surface area contributed by atoms with Crippen LogP contribution in [0.25, 0.3) is 11.2 Å². The lowest BCUT2D eigenvalue weighted by atomic mass is 10.1.